The quantitative estimate of drug-likeness (QED) is 0.784. The molecule has 19 heavy (non-hydrogen) atoms. The highest BCUT2D eigenvalue weighted by Crippen LogP contribution is 2.32. The topological polar surface area (TPSA) is 12.0 Å². The summed E-state index contributed by atoms with van der Waals surface area (Å²) in [4.78, 5) is 0. The summed E-state index contributed by atoms with van der Waals surface area (Å²) in [6, 6.07) is 1.64. The molecule has 1 aromatic rings. The van der Waals surface area contributed by atoms with Gasteiger partial charge in [0.2, 0.25) is 0 Å². The normalized spacial score (nSPS) is 23.7. The molecule has 1 nitrogen and oxygen atoms in total. The first-order valence-electron chi connectivity index (χ1n) is 6.88. The summed E-state index contributed by atoms with van der Waals surface area (Å²) < 4.78 is 39.5. The standard InChI is InChI=1S/C15H20F3N/c1-9(2)10-3-5-11(6-4-10)19-15-8-13(17)12(16)7-14(15)18/h7-11,19H,3-6H2,1-2H3. The van der Waals surface area contributed by atoms with Crippen molar-refractivity contribution in [1.29, 1.82) is 0 Å². The molecule has 1 N–H and O–H groups in total. The van der Waals surface area contributed by atoms with Crippen molar-refractivity contribution < 1.29 is 13.2 Å². The van der Waals surface area contributed by atoms with Gasteiger partial charge in [0.25, 0.3) is 0 Å². The molecular weight excluding hydrogens is 251 g/mol. The molecule has 0 bridgehead atoms. The fourth-order valence-electron chi connectivity index (χ4n) is 2.78. The minimum absolute atomic E-state index is 0.0619. The van der Waals surface area contributed by atoms with Crippen molar-refractivity contribution in [3.8, 4) is 0 Å². The molecule has 0 aromatic heterocycles. The van der Waals surface area contributed by atoms with Crippen molar-refractivity contribution in [3.05, 3.63) is 29.6 Å². The highest BCUT2D eigenvalue weighted by molar-refractivity contribution is 5.46. The molecule has 2 rings (SSSR count). The predicted octanol–water partition coefficient (Wildman–Crippen LogP) is 4.73. The Morgan fingerprint density at radius 1 is 0.947 bits per heavy atom. The number of halogens is 3. The Morgan fingerprint density at radius 2 is 1.53 bits per heavy atom. The second-order valence-electron chi connectivity index (χ2n) is 5.75. The van der Waals surface area contributed by atoms with Crippen LogP contribution in [0.5, 0.6) is 0 Å². The molecular formula is C15H20F3N. The van der Waals surface area contributed by atoms with E-state index in [0.717, 1.165) is 31.7 Å². The Morgan fingerprint density at radius 3 is 2.11 bits per heavy atom. The van der Waals surface area contributed by atoms with E-state index in [1.807, 2.05) is 0 Å². The third-order valence-electron chi connectivity index (χ3n) is 4.08. The van der Waals surface area contributed by atoms with Gasteiger partial charge in [-0.3, -0.25) is 0 Å². The fraction of sp³-hybridized carbons (Fsp3) is 0.600. The largest absolute Gasteiger partial charge is 0.380 e. The Balaban J connectivity index is 1.98. The summed E-state index contributed by atoms with van der Waals surface area (Å²) in [5, 5.41) is 2.99. The van der Waals surface area contributed by atoms with E-state index < -0.39 is 17.5 Å². The summed E-state index contributed by atoms with van der Waals surface area (Å²) in [7, 11) is 0. The van der Waals surface area contributed by atoms with Crippen LogP contribution in [0, 0.1) is 29.3 Å². The van der Waals surface area contributed by atoms with Gasteiger partial charge in [0, 0.05) is 18.2 Å². The van der Waals surface area contributed by atoms with E-state index in [0.29, 0.717) is 17.9 Å². The third kappa shape index (κ3) is 3.43. The lowest BCUT2D eigenvalue weighted by molar-refractivity contribution is 0.266. The SMILES string of the molecule is CC(C)C1CCC(Nc2cc(F)c(F)cc2F)CC1. The van der Waals surface area contributed by atoms with Crippen molar-refractivity contribution in [2.45, 2.75) is 45.6 Å². The minimum Gasteiger partial charge on any atom is -0.380 e. The number of rotatable bonds is 3. The maximum absolute atomic E-state index is 13.5. The van der Waals surface area contributed by atoms with Crippen LogP contribution in [0.25, 0.3) is 0 Å². The first-order chi connectivity index (χ1) is 8.97. The summed E-state index contributed by atoms with van der Waals surface area (Å²) in [6.07, 6.45) is 4.09. The van der Waals surface area contributed by atoms with Crippen LogP contribution < -0.4 is 5.32 Å². The summed E-state index contributed by atoms with van der Waals surface area (Å²) in [6.45, 7) is 4.43. The number of hydrogen-bond donors (Lipinski definition) is 1. The number of anilines is 1. The molecule has 0 heterocycles. The summed E-state index contributed by atoms with van der Waals surface area (Å²) in [5.41, 5.74) is 0.0619. The van der Waals surface area contributed by atoms with Crippen molar-refractivity contribution in [2.24, 2.45) is 11.8 Å². The van der Waals surface area contributed by atoms with Crippen LogP contribution in [-0.2, 0) is 0 Å². The van der Waals surface area contributed by atoms with E-state index in [2.05, 4.69) is 19.2 Å². The Labute approximate surface area is 112 Å². The van der Waals surface area contributed by atoms with Crippen molar-refractivity contribution in [2.75, 3.05) is 5.32 Å². The molecule has 0 saturated heterocycles. The van der Waals surface area contributed by atoms with Crippen molar-refractivity contribution in [3.63, 3.8) is 0 Å². The van der Waals surface area contributed by atoms with Gasteiger partial charge in [0.05, 0.1) is 5.69 Å². The summed E-state index contributed by atoms with van der Waals surface area (Å²) >= 11 is 0. The van der Waals surface area contributed by atoms with Gasteiger partial charge in [0.1, 0.15) is 5.82 Å². The lowest BCUT2D eigenvalue weighted by atomic mass is 9.79. The molecule has 0 unspecified atom stereocenters. The molecule has 106 valence electrons. The monoisotopic (exact) mass is 271 g/mol. The van der Waals surface area contributed by atoms with E-state index in [4.69, 9.17) is 0 Å². The minimum atomic E-state index is -1.15. The van der Waals surface area contributed by atoms with Gasteiger partial charge in [-0.15, -0.1) is 0 Å². The molecule has 1 saturated carbocycles. The molecule has 1 aliphatic carbocycles. The first kappa shape index (κ1) is 14.2. The van der Waals surface area contributed by atoms with Crippen molar-refractivity contribution >= 4 is 5.69 Å². The molecule has 0 spiro atoms. The number of benzene rings is 1. The number of nitrogens with one attached hydrogen (secondary N) is 1. The zero-order chi connectivity index (χ0) is 14.0. The van der Waals surface area contributed by atoms with Crippen LogP contribution in [0.3, 0.4) is 0 Å². The maximum atomic E-state index is 13.5. The average Bonchev–Trinajstić information content (AvgIpc) is 2.36. The van der Waals surface area contributed by atoms with Gasteiger partial charge in [-0.05, 0) is 37.5 Å². The second kappa shape index (κ2) is 5.85. The molecule has 0 amide bonds. The van der Waals surface area contributed by atoms with Crippen LogP contribution >= 0.6 is 0 Å². The van der Waals surface area contributed by atoms with Crippen LogP contribution in [0.15, 0.2) is 12.1 Å². The predicted molar refractivity (Wildman–Crippen MR) is 70.5 cm³/mol. The second-order valence-corrected chi connectivity index (χ2v) is 5.75. The van der Waals surface area contributed by atoms with Crippen LogP contribution in [0.1, 0.15) is 39.5 Å². The Bertz CT molecular complexity index is 437. The van der Waals surface area contributed by atoms with Gasteiger partial charge >= 0.3 is 0 Å². The van der Waals surface area contributed by atoms with E-state index in [9.17, 15) is 13.2 Å². The highest BCUT2D eigenvalue weighted by atomic mass is 19.2. The Kier molecular flexibility index (Phi) is 4.38. The molecule has 1 aliphatic rings. The van der Waals surface area contributed by atoms with Crippen molar-refractivity contribution in [1.82, 2.24) is 0 Å². The van der Waals surface area contributed by atoms with Gasteiger partial charge in [0.15, 0.2) is 11.6 Å². The van der Waals surface area contributed by atoms with Gasteiger partial charge in [-0.2, -0.15) is 0 Å². The van der Waals surface area contributed by atoms with Crippen LogP contribution in [0.4, 0.5) is 18.9 Å². The number of hydrogen-bond acceptors (Lipinski definition) is 1. The smallest absolute Gasteiger partial charge is 0.161 e. The van der Waals surface area contributed by atoms with E-state index >= 15 is 0 Å². The van der Waals surface area contributed by atoms with Gasteiger partial charge in [-0.25, -0.2) is 13.2 Å². The molecule has 0 radical (unpaired) electrons. The molecule has 1 fully saturated rings. The van der Waals surface area contributed by atoms with Gasteiger partial charge < -0.3 is 5.32 Å². The van der Waals surface area contributed by atoms with Crippen LogP contribution in [-0.4, -0.2) is 6.04 Å². The van der Waals surface area contributed by atoms with E-state index in [-0.39, 0.29) is 11.7 Å². The lowest BCUT2D eigenvalue weighted by Gasteiger charge is -2.31. The van der Waals surface area contributed by atoms with E-state index in [1.165, 1.54) is 0 Å². The van der Waals surface area contributed by atoms with Gasteiger partial charge in [-0.1, -0.05) is 13.8 Å². The third-order valence-corrected chi connectivity index (χ3v) is 4.08. The maximum Gasteiger partial charge on any atom is 0.161 e. The molecule has 0 atom stereocenters. The average molecular weight is 271 g/mol. The molecule has 4 heteroatoms. The first-order valence-corrected chi connectivity index (χ1v) is 6.88. The zero-order valence-corrected chi connectivity index (χ0v) is 11.3. The highest BCUT2D eigenvalue weighted by Gasteiger charge is 2.24. The Hall–Kier alpha value is -1.19. The zero-order valence-electron chi connectivity index (χ0n) is 11.3. The summed E-state index contributed by atoms with van der Waals surface area (Å²) in [5.74, 6) is -1.51. The molecule has 1 aromatic carbocycles. The van der Waals surface area contributed by atoms with E-state index in [1.54, 1.807) is 0 Å². The fourth-order valence-corrected chi connectivity index (χ4v) is 2.78. The molecule has 0 aliphatic heterocycles. The lowest BCUT2D eigenvalue weighted by Crippen LogP contribution is -2.28. The van der Waals surface area contributed by atoms with Crippen LogP contribution in [0.2, 0.25) is 0 Å².